The van der Waals surface area contributed by atoms with Gasteiger partial charge in [0.2, 0.25) is 11.9 Å². The van der Waals surface area contributed by atoms with Gasteiger partial charge in [-0.15, -0.1) is 0 Å². The minimum atomic E-state index is -2.87. The van der Waals surface area contributed by atoms with Gasteiger partial charge in [-0.05, 0) is 30.9 Å². The average Bonchev–Trinajstić information content (AvgIpc) is 3.11. The molecule has 6 rings (SSSR count). The molecule has 0 radical (unpaired) electrons. The first kappa shape index (κ1) is 22.1. The number of nitrogens with one attached hydrogen (secondary N) is 1. The highest BCUT2D eigenvalue weighted by Gasteiger charge is 2.65. The molecule has 182 valence electrons. The number of carbonyl (C=O) groups is 1. The Kier molecular flexibility index (Phi) is 4.93. The average molecular weight is 481 g/mol. The fourth-order valence-corrected chi connectivity index (χ4v) is 6.01. The molecular weight excluding hydrogens is 454 g/mol. The topological polar surface area (TPSA) is 103 Å². The van der Waals surface area contributed by atoms with E-state index in [2.05, 4.69) is 32.4 Å². The van der Waals surface area contributed by atoms with Gasteiger partial charge in [0.25, 0.3) is 5.92 Å². The zero-order chi connectivity index (χ0) is 24.4. The van der Waals surface area contributed by atoms with Gasteiger partial charge in [-0.2, -0.15) is 10.4 Å². The Labute approximate surface area is 201 Å². The largest absolute Gasteiger partial charge is 0.338 e. The third-order valence-electron chi connectivity index (χ3n) is 7.70. The van der Waals surface area contributed by atoms with Crippen molar-refractivity contribution >= 4 is 23.1 Å². The maximum atomic E-state index is 13.4. The second kappa shape index (κ2) is 7.81. The quantitative estimate of drug-likeness (QED) is 0.678. The van der Waals surface area contributed by atoms with E-state index in [0.29, 0.717) is 19.0 Å². The lowest BCUT2D eigenvalue weighted by atomic mass is 9.80. The van der Waals surface area contributed by atoms with Crippen LogP contribution in [0.25, 0.3) is 5.57 Å². The maximum absolute atomic E-state index is 13.4. The van der Waals surface area contributed by atoms with Crippen LogP contribution in [-0.2, 0) is 11.8 Å². The third-order valence-corrected chi connectivity index (χ3v) is 7.70. The van der Waals surface area contributed by atoms with Gasteiger partial charge in [0, 0.05) is 51.0 Å². The Morgan fingerprint density at radius 1 is 1.34 bits per heavy atom. The van der Waals surface area contributed by atoms with Crippen LogP contribution in [0.3, 0.4) is 0 Å². The number of aryl methyl sites for hydroxylation is 1. The molecule has 3 fully saturated rings. The Hall–Kier alpha value is -3.39. The zero-order valence-corrected chi connectivity index (χ0v) is 19.4. The van der Waals surface area contributed by atoms with E-state index in [0.717, 1.165) is 36.2 Å². The van der Waals surface area contributed by atoms with Crippen molar-refractivity contribution in [1.82, 2.24) is 29.5 Å². The minimum absolute atomic E-state index is 0.126. The number of aromatic nitrogens is 4. The van der Waals surface area contributed by atoms with Crippen molar-refractivity contribution in [2.45, 2.75) is 55.6 Å². The second-order valence-corrected chi connectivity index (χ2v) is 10.2. The predicted octanol–water partition coefficient (Wildman–Crippen LogP) is 2.72. The van der Waals surface area contributed by atoms with Gasteiger partial charge in [-0.1, -0.05) is 6.08 Å². The fraction of sp³-hybridized carbons (Fsp3) is 0.542. The Morgan fingerprint density at radius 3 is 2.80 bits per heavy atom. The number of nitriles is 1. The van der Waals surface area contributed by atoms with Crippen LogP contribution in [0, 0.1) is 17.2 Å². The van der Waals surface area contributed by atoms with Gasteiger partial charge < -0.3 is 10.2 Å². The molecule has 3 atom stereocenters. The van der Waals surface area contributed by atoms with Crippen LogP contribution in [0.4, 0.5) is 20.4 Å². The Bertz CT molecular complexity index is 1240. The first-order valence-corrected chi connectivity index (χ1v) is 11.9. The zero-order valence-electron chi connectivity index (χ0n) is 19.4. The number of rotatable bonds is 6. The van der Waals surface area contributed by atoms with Crippen molar-refractivity contribution < 1.29 is 13.6 Å². The highest BCUT2D eigenvalue weighted by molar-refractivity contribution is 5.84. The van der Waals surface area contributed by atoms with E-state index in [4.69, 9.17) is 4.98 Å². The summed E-state index contributed by atoms with van der Waals surface area (Å²) in [5.41, 5.74) is 2.34. The first-order valence-electron chi connectivity index (χ1n) is 11.9. The van der Waals surface area contributed by atoms with Gasteiger partial charge >= 0.3 is 0 Å². The van der Waals surface area contributed by atoms with Crippen LogP contribution in [0.15, 0.2) is 30.7 Å². The number of carbonyl (C=O) groups excluding carboxylic acids is 1. The summed E-state index contributed by atoms with van der Waals surface area (Å²) in [6.45, 7) is 0.684. The Morgan fingerprint density at radius 2 is 2.14 bits per heavy atom. The van der Waals surface area contributed by atoms with Crippen molar-refractivity contribution in [3.63, 3.8) is 0 Å². The van der Waals surface area contributed by atoms with Crippen molar-refractivity contribution in [2.24, 2.45) is 13.0 Å². The fourth-order valence-electron chi connectivity index (χ4n) is 6.01. The molecule has 9 nitrogen and oxygen atoms in total. The monoisotopic (exact) mass is 480 g/mol. The van der Waals surface area contributed by atoms with Crippen molar-refractivity contribution in [2.75, 3.05) is 18.4 Å². The lowest BCUT2D eigenvalue weighted by molar-refractivity contribution is -0.152. The van der Waals surface area contributed by atoms with E-state index in [1.54, 1.807) is 17.1 Å². The summed E-state index contributed by atoms with van der Waals surface area (Å²) >= 11 is 0. The van der Waals surface area contributed by atoms with Crippen molar-refractivity contribution in [1.29, 1.82) is 5.26 Å². The number of alkyl halides is 2. The van der Waals surface area contributed by atoms with Crippen LogP contribution in [-0.4, -0.2) is 72.1 Å². The van der Waals surface area contributed by atoms with E-state index < -0.39 is 23.3 Å². The van der Waals surface area contributed by atoms with Crippen LogP contribution in [0.1, 0.15) is 37.8 Å². The summed E-state index contributed by atoms with van der Waals surface area (Å²) < 4.78 is 28.5. The minimum Gasteiger partial charge on any atom is -0.338 e. The first-order chi connectivity index (χ1) is 16.8. The number of hydrogen-bond donors (Lipinski definition) is 1. The number of amides is 1. The molecule has 1 amide bonds. The summed E-state index contributed by atoms with van der Waals surface area (Å²) in [4.78, 5) is 25.4. The maximum Gasteiger partial charge on any atom is 0.260 e. The summed E-state index contributed by atoms with van der Waals surface area (Å²) in [7, 11) is 1.84. The smallest absolute Gasteiger partial charge is 0.260 e. The number of likely N-dealkylation sites (tertiary alicyclic amines) is 1. The summed E-state index contributed by atoms with van der Waals surface area (Å²) in [5.74, 6) is -4.02. The van der Waals surface area contributed by atoms with Crippen LogP contribution < -0.4 is 5.32 Å². The van der Waals surface area contributed by atoms with Crippen LogP contribution in [0.2, 0.25) is 0 Å². The van der Waals surface area contributed by atoms with E-state index in [1.165, 1.54) is 4.90 Å². The molecule has 1 N–H and O–H groups in total. The molecule has 2 unspecified atom stereocenters. The Balaban J connectivity index is 1.20. The standard InChI is InChI=1S/C24H26F2N8O/c1-32-12-16(11-29-32)30-22-28-7-4-20(31-22)15-8-17-2-3-18(9-15)34(17)23(5-6-27)13-33(14-23)21(35)19-10-24(19,25)26/h4,7-8,11-12,17-19H,2-3,5,9-10,13-14H2,1H3,(H,28,30,31)/t17?,18?,19-/m0/s1. The molecule has 2 aromatic rings. The molecule has 1 saturated carbocycles. The highest BCUT2D eigenvalue weighted by Crippen LogP contribution is 2.52. The van der Waals surface area contributed by atoms with Gasteiger partial charge in [0.1, 0.15) is 5.92 Å². The molecule has 35 heavy (non-hydrogen) atoms. The number of anilines is 2. The van der Waals surface area contributed by atoms with Gasteiger partial charge in [0.15, 0.2) is 0 Å². The lowest BCUT2D eigenvalue weighted by Crippen LogP contribution is -2.73. The summed E-state index contributed by atoms with van der Waals surface area (Å²) in [6.07, 6.45) is 10.2. The van der Waals surface area contributed by atoms with Crippen LogP contribution in [0.5, 0.6) is 0 Å². The van der Waals surface area contributed by atoms with Gasteiger partial charge in [-0.25, -0.2) is 18.7 Å². The predicted molar refractivity (Wildman–Crippen MR) is 122 cm³/mol. The molecule has 5 heterocycles. The van der Waals surface area contributed by atoms with Crippen molar-refractivity contribution in [3.8, 4) is 6.07 Å². The highest BCUT2D eigenvalue weighted by atomic mass is 19.3. The second-order valence-electron chi connectivity index (χ2n) is 10.2. The number of halogens is 2. The number of nitrogens with zero attached hydrogens (tertiary/aromatic N) is 7. The van der Waals surface area contributed by atoms with E-state index in [-0.39, 0.29) is 24.9 Å². The van der Waals surface area contributed by atoms with E-state index in [9.17, 15) is 18.8 Å². The molecule has 2 aromatic heterocycles. The van der Waals surface area contributed by atoms with E-state index in [1.807, 2.05) is 19.3 Å². The molecule has 4 aliphatic rings. The van der Waals surface area contributed by atoms with Gasteiger partial charge in [0.05, 0.1) is 35.6 Å². The lowest BCUT2D eigenvalue weighted by Gasteiger charge is -2.58. The molecular formula is C24H26F2N8O. The summed E-state index contributed by atoms with van der Waals surface area (Å²) in [5, 5.41) is 16.9. The number of fused-ring (bicyclic) bond motifs is 2. The molecule has 0 spiro atoms. The van der Waals surface area contributed by atoms with E-state index >= 15 is 0 Å². The molecule has 0 aromatic carbocycles. The van der Waals surface area contributed by atoms with Gasteiger partial charge in [-0.3, -0.25) is 14.4 Å². The third kappa shape index (κ3) is 3.76. The molecule has 11 heteroatoms. The SMILES string of the molecule is Cn1cc(Nc2nccc(C3=CC4CCC(C3)N4C3(CC#N)CN(C(=O)[C@@H]4CC4(F)F)C3)n2)cn1. The summed E-state index contributed by atoms with van der Waals surface area (Å²) in [6, 6.07) is 4.54. The normalized spacial score (nSPS) is 28.1. The van der Waals surface area contributed by atoms with Crippen LogP contribution >= 0.6 is 0 Å². The van der Waals surface area contributed by atoms with Crippen molar-refractivity contribution in [3.05, 3.63) is 36.4 Å². The molecule has 3 aliphatic heterocycles. The molecule has 2 bridgehead atoms. The number of hydrogen-bond acceptors (Lipinski definition) is 7. The molecule has 2 saturated heterocycles. The molecule has 1 aliphatic carbocycles.